The van der Waals surface area contributed by atoms with Crippen LogP contribution in [0.4, 0.5) is 0 Å². The monoisotopic (exact) mass is 161 g/mol. The van der Waals surface area contributed by atoms with Gasteiger partial charge in [0.1, 0.15) is 0 Å². The minimum absolute atomic E-state index is 0.476. The first kappa shape index (κ1) is 10.2. The van der Waals surface area contributed by atoms with E-state index in [0.717, 1.165) is 0 Å². The van der Waals surface area contributed by atoms with Crippen LogP contribution in [-0.2, 0) is 0 Å². The predicted octanol–water partition coefficient (Wildman–Crippen LogP) is -0.601. The van der Waals surface area contributed by atoms with E-state index in [4.69, 9.17) is 20.9 Å². The highest BCUT2D eigenvalue weighted by Crippen LogP contribution is 2.03. The first-order chi connectivity index (χ1) is 5.13. The SMILES string of the molecule is CC(O)C(O)C(CO)N=[N+]=[N-]. The molecule has 3 atom stereocenters. The largest absolute Gasteiger partial charge is 0.396 e. The summed E-state index contributed by atoms with van der Waals surface area (Å²) in [5, 5.41) is 29.5. The van der Waals surface area contributed by atoms with Crippen molar-refractivity contribution in [3.8, 4) is 0 Å². The second-order valence-corrected chi connectivity index (χ2v) is 2.19. The maximum absolute atomic E-state index is 9.04. The van der Waals surface area contributed by atoms with E-state index in [-0.39, 0.29) is 0 Å². The summed E-state index contributed by atoms with van der Waals surface area (Å²) < 4.78 is 0. The molecule has 0 spiro atoms. The smallest absolute Gasteiger partial charge is 0.0903 e. The minimum Gasteiger partial charge on any atom is -0.396 e. The maximum Gasteiger partial charge on any atom is 0.0903 e. The summed E-state index contributed by atoms with van der Waals surface area (Å²) in [4.78, 5) is 2.40. The van der Waals surface area contributed by atoms with Gasteiger partial charge in [-0.2, -0.15) is 0 Å². The van der Waals surface area contributed by atoms with Crippen molar-refractivity contribution < 1.29 is 15.3 Å². The molecule has 6 heteroatoms. The van der Waals surface area contributed by atoms with Crippen molar-refractivity contribution in [1.82, 2.24) is 0 Å². The Morgan fingerprint density at radius 2 is 2.09 bits per heavy atom. The number of aliphatic hydroxyl groups is 3. The molecule has 0 aliphatic carbocycles. The third-order valence-corrected chi connectivity index (χ3v) is 1.28. The Hall–Kier alpha value is -0.810. The Kier molecular flexibility index (Phi) is 4.56. The number of rotatable bonds is 4. The summed E-state index contributed by atoms with van der Waals surface area (Å²) in [6, 6.07) is -0.972. The van der Waals surface area contributed by atoms with Crippen molar-refractivity contribution in [3.05, 3.63) is 10.4 Å². The normalized spacial score (nSPS) is 18.2. The molecule has 0 heterocycles. The van der Waals surface area contributed by atoms with Crippen molar-refractivity contribution in [2.75, 3.05) is 6.61 Å². The number of hydrogen-bond acceptors (Lipinski definition) is 4. The van der Waals surface area contributed by atoms with E-state index >= 15 is 0 Å². The van der Waals surface area contributed by atoms with Gasteiger partial charge >= 0.3 is 0 Å². The Bertz CT molecular complexity index is 155. The van der Waals surface area contributed by atoms with Crippen molar-refractivity contribution >= 4 is 0 Å². The predicted molar refractivity (Wildman–Crippen MR) is 37.7 cm³/mol. The Balaban J connectivity index is 4.12. The summed E-state index contributed by atoms with van der Waals surface area (Å²) in [7, 11) is 0. The molecule has 0 aliphatic heterocycles. The Morgan fingerprint density at radius 3 is 2.36 bits per heavy atom. The molecule has 6 nitrogen and oxygen atoms in total. The van der Waals surface area contributed by atoms with E-state index in [9.17, 15) is 0 Å². The minimum atomic E-state index is -1.21. The fourth-order valence-corrected chi connectivity index (χ4v) is 0.601. The van der Waals surface area contributed by atoms with Crippen LogP contribution in [0, 0.1) is 0 Å². The zero-order valence-corrected chi connectivity index (χ0v) is 6.12. The van der Waals surface area contributed by atoms with Gasteiger partial charge in [0.15, 0.2) is 0 Å². The van der Waals surface area contributed by atoms with E-state index in [1.165, 1.54) is 6.92 Å². The fraction of sp³-hybridized carbons (Fsp3) is 1.00. The molecule has 0 amide bonds. The molecule has 0 saturated heterocycles. The molecule has 3 unspecified atom stereocenters. The van der Waals surface area contributed by atoms with Crippen molar-refractivity contribution in [3.63, 3.8) is 0 Å². The second-order valence-electron chi connectivity index (χ2n) is 2.19. The van der Waals surface area contributed by atoms with E-state index < -0.39 is 24.9 Å². The third kappa shape index (κ3) is 3.20. The summed E-state index contributed by atoms with van der Waals surface area (Å²) in [5.74, 6) is 0. The standard InChI is InChI=1S/C5H11N3O3/c1-3(10)5(11)4(2-9)7-8-6/h3-5,9-11H,2H2,1H3. The first-order valence-corrected chi connectivity index (χ1v) is 3.14. The van der Waals surface area contributed by atoms with E-state index in [1.54, 1.807) is 0 Å². The molecule has 0 aromatic heterocycles. The fourth-order valence-electron chi connectivity index (χ4n) is 0.601. The molecule has 11 heavy (non-hydrogen) atoms. The van der Waals surface area contributed by atoms with Gasteiger partial charge in [-0.1, -0.05) is 5.11 Å². The van der Waals surface area contributed by atoms with Gasteiger partial charge in [0.05, 0.1) is 24.9 Å². The van der Waals surface area contributed by atoms with Crippen LogP contribution in [0.2, 0.25) is 0 Å². The molecule has 0 aromatic carbocycles. The lowest BCUT2D eigenvalue weighted by atomic mass is 10.1. The first-order valence-electron chi connectivity index (χ1n) is 3.14. The van der Waals surface area contributed by atoms with Crippen molar-refractivity contribution in [2.45, 2.75) is 25.2 Å². The zero-order valence-electron chi connectivity index (χ0n) is 6.12. The topological polar surface area (TPSA) is 109 Å². The lowest BCUT2D eigenvalue weighted by molar-refractivity contribution is 0.00310. The van der Waals surface area contributed by atoms with Gasteiger partial charge in [-0.25, -0.2) is 0 Å². The molecule has 0 rings (SSSR count). The van der Waals surface area contributed by atoms with Gasteiger partial charge in [-0.05, 0) is 12.5 Å². The van der Waals surface area contributed by atoms with Crippen LogP contribution in [0.1, 0.15) is 6.92 Å². The number of azide groups is 1. The van der Waals surface area contributed by atoms with E-state index in [2.05, 4.69) is 10.0 Å². The highest BCUT2D eigenvalue weighted by Gasteiger charge is 2.21. The van der Waals surface area contributed by atoms with Crippen LogP contribution in [0.25, 0.3) is 10.4 Å². The molecular formula is C5H11N3O3. The van der Waals surface area contributed by atoms with Crippen LogP contribution >= 0.6 is 0 Å². The van der Waals surface area contributed by atoms with Crippen LogP contribution < -0.4 is 0 Å². The lowest BCUT2D eigenvalue weighted by Gasteiger charge is -2.18. The molecule has 0 bridgehead atoms. The van der Waals surface area contributed by atoms with Gasteiger partial charge in [0.2, 0.25) is 0 Å². The Morgan fingerprint density at radius 1 is 1.55 bits per heavy atom. The highest BCUT2D eigenvalue weighted by atomic mass is 16.3. The molecule has 0 radical (unpaired) electrons. The van der Waals surface area contributed by atoms with Crippen LogP contribution in [-0.4, -0.2) is 40.2 Å². The quantitative estimate of drug-likeness (QED) is 0.291. The molecule has 3 N–H and O–H groups in total. The maximum atomic E-state index is 9.04. The van der Waals surface area contributed by atoms with E-state index in [0.29, 0.717) is 0 Å². The van der Waals surface area contributed by atoms with Crippen LogP contribution in [0.5, 0.6) is 0 Å². The average molecular weight is 161 g/mol. The third-order valence-electron chi connectivity index (χ3n) is 1.28. The molecule has 0 fully saturated rings. The van der Waals surface area contributed by atoms with Gasteiger partial charge in [0, 0.05) is 4.91 Å². The Labute approximate surface area is 63.7 Å². The van der Waals surface area contributed by atoms with Gasteiger partial charge in [-0.15, -0.1) is 0 Å². The average Bonchev–Trinajstić information content (AvgIpc) is 1.98. The summed E-state index contributed by atoms with van der Waals surface area (Å²) in [6.45, 7) is 0.871. The molecule has 0 aliphatic rings. The van der Waals surface area contributed by atoms with Gasteiger partial charge < -0.3 is 15.3 Å². The van der Waals surface area contributed by atoms with Crippen molar-refractivity contribution in [1.29, 1.82) is 0 Å². The van der Waals surface area contributed by atoms with Crippen molar-refractivity contribution in [2.24, 2.45) is 5.11 Å². The number of hydrogen-bond donors (Lipinski definition) is 3. The number of nitrogens with zero attached hydrogens (tertiary/aromatic N) is 3. The summed E-state index contributed by atoms with van der Waals surface area (Å²) in [5.41, 5.74) is 7.95. The van der Waals surface area contributed by atoms with Gasteiger partial charge in [-0.3, -0.25) is 0 Å². The van der Waals surface area contributed by atoms with E-state index in [1.807, 2.05) is 0 Å². The van der Waals surface area contributed by atoms with Crippen LogP contribution in [0.15, 0.2) is 5.11 Å². The molecule has 0 aromatic rings. The number of aliphatic hydroxyl groups excluding tert-OH is 3. The summed E-state index contributed by atoms with van der Waals surface area (Å²) in [6.07, 6.45) is -2.23. The second kappa shape index (κ2) is 4.92. The van der Waals surface area contributed by atoms with Gasteiger partial charge in [0.25, 0.3) is 0 Å². The molecule has 0 saturated carbocycles. The zero-order chi connectivity index (χ0) is 8.85. The highest BCUT2D eigenvalue weighted by molar-refractivity contribution is 4.78. The summed E-state index contributed by atoms with van der Waals surface area (Å²) >= 11 is 0. The van der Waals surface area contributed by atoms with Crippen LogP contribution in [0.3, 0.4) is 0 Å². The molecule has 64 valence electrons. The molecular weight excluding hydrogens is 150 g/mol. The lowest BCUT2D eigenvalue weighted by Crippen LogP contribution is -2.36.